The highest BCUT2D eigenvalue weighted by molar-refractivity contribution is 5.66. The summed E-state index contributed by atoms with van der Waals surface area (Å²) in [6.07, 6.45) is 7.54. The van der Waals surface area contributed by atoms with Crippen LogP contribution in [0.3, 0.4) is 0 Å². The topological polar surface area (TPSA) is 38.0 Å². The van der Waals surface area contributed by atoms with E-state index >= 15 is 0 Å². The van der Waals surface area contributed by atoms with E-state index in [2.05, 4.69) is 12.2 Å². The number of rotatable bonds is 8. The number of nitrogens with two attached hydrogens (primary N) is 1. The second kappa shape index (κ2) is 7.93. The van der Waals surface area contributed by atoms with E-state index in [0.29, 0.717) is 5.69 Å². The Morgan fingerprint density at radius 3 is 2.59 bits per heavy atom. The van der Waals surface area contributed by atoms with Crippen LogP contribution in [-0.4, -0.2) is 6.54 Å². The maximum Gasteiger partial charge on any atom is 0.148 e. The number of halogens is 1. The molecule has 0 radical (unpaired) electrons. The summed E-state index contributed by atoms with van der Waals surface area (Å²) in [6, 6.07) is 4.87. The molecular weight excluding hydrogens is 215 g/mol. The molecular formula is C14H23FN2. The lowest BCUT2D eigenvalue weighted by Crippen LogP contribution is -2.05. The molecule has 0 aromatic heterocycles. The van der Waals surface area contributed by atoms with Gasteiger partial charge in [0.15, 0.2) is 0 Å². The molecule has 0 atom stereocenters. The van der Waals surface area contributed by atoms with Gasteiger partial charge in [-0.25, -0.2) is 4.39 Å². The number of anilines is 2. The summed E-state index contributed by atoms with van der Waals surface area (Å²) in [5.74, 6) is -0.349. The molecule has 0 unspecified atom stereocenters. The molecule has 0 spiro atoms. The van der Waals surface area contributed by atoms with Crippen molar-refractivity contribution in [2.75, 3.05) is 17.6 Å². The molecule has 3 N–H and O–H groups in total. The van der Waals surface area contributed by atoms with Crippen LogP contribution in [0.2, 0.25) is 0 Å². The number of unbranched alkanes of at least 4 members (excludes halogenated alkanes) is 5. The predicted octanol–water partition coefficient (Wildman–Crippen LogP) is 4.18. The summed E-state index contributed by atoms with van der Waals surface area (Å²) in [6.45, 7) is 3.08. The van der Waals surface area contributed by atoms with Crippen LogP contribution in [0, 0.1) is 5.82 Å². The number of nitrogen functional groups attached to an aromatic ring is 1. The van der Waals surface area contributed by atoms with Gasteiger partial charge in [0.25, 0.3) is 0 Å². The zero-order valence-electron chi connectivity index (χ0n) is 10.6. The standard InChI is InChI=1S/C14H23FN2/c1-2-3-4-5-6-7-11-17-13-10-8-9-12(15)14(13)16/h8-10,17H,2-7,11,16H2,1H3. The van der Waals surface area contributed by atoms with Crippen LogP contribution in [0.4, 0.5) is 15.8 Å². The van der Waals surface area contributed by atoms with Gasteiger partial charge in [-0.05, 0) is 18.6 Å². The fourth-order valence-corrected chi connectivity index (χ4v) is 1.82. The van der Waals surface area contributed by atoms with Gasteiger partial charge < -0.3 is 11.1 Å². The van der Waals surface area contributed by atoms with Gasteiger partial charge in [0.05, 0.1) is 11.4 Å². The fourth-order valence-electron chi connectivity index (χ4n) is 1.82. The van der Waals surface area contributed by atoms with Gasteiger partial charge in [0, 0.05) is 6.54 Å². The van der Waals surface area contributed by atoms with E-state index < -0.39 is 0 Å². The molecule has 0 aliphatic carbocycles. The Hall–Kier alpha value is -1.25. The third-order valence-electron chi connectivity index (χ3n) is 2.90. The van der Waals surface area contributed by atoms with Crippen LogP contribution in [0.15, 0.2) is 18.2 Å². The molecule has 0 saturated heterocycles. The molecule has 17 heavy (non-hydrogen) atoms. The van der Waals surface area contributed by atoms with E-state index in [1.54, 1.807) is 6.07 Å². The Kier molecular flexibility index (Phi) is 6.45. The molecule has 1 aromatic carbocycles. The van der Waals surface area contributed by atoms with Gasteiger partial charge in [0.1, 0.15) is 5.82 Å². The van der Waals surface area contributed by atoms with Crippen LogP contribution >= 0.6 is 0 Å². The minimum Gasteiger partial charge on any atom is -0.395 e. The van der Waals surface area contributed by atoms with Crippen molar-refractivity contribution in [1.82, 2.24) is 0 Å². The number of hydrogen-bond acceptors (Lipinski definition) is 2. The van der Waals surface area contributed by atoms with Gasteiger partial charge in [-0.1, -0.05) is 45.1 Å². The first-order valence-electron chi connectivity index (χ1n) is 6.53. The molecule has 96 valence electrons. The largest absolute Gasteiger partial charge is 0.395 e. The first kappa shape index (κ1) is 13.8. The van der Waals surface area contributed by atoms with Gasteiger partial charge in [-0.2, -0.15) is 0 Å². The smallest absolute Gasteiger partial charge is 0.148 e. The summed E-state index contributed by atoms with van der Waals surface area (Å²) < 4.78 is 13.1. The molecule has 0 aliphatic rings. The van der Waals surface area contributed by atoms with E-state index in [-0.39, 0.29) is 11.5 Å². The lowest BCUT2D eigenvalue weighted by molar-refractivity contribution is 0.616. The molecule has 0 fully saturated rings. The molecule has 1 rings (SSSR count). The summed E-state index contributed by atoms with van der Waals surface area (Å²) in [4.78, 5) is 0. The third kappa shape index (κ3) is 5.07. The lowest BCUT2D eigenvalue weighted by atomic mass is 10.1. The first-order valence-corrected chi connectivity index (χ1v) is 6.53. The van der Waals surface area contributed by atoms with E-state index in [1.165, 1.54) is 38.2 Å². The molecule has 1 aromatic rings. The number of para-hydroxylation sites is 1. The SMILES string of the molecule is CCCCCCCCNc1cccc(F)c1N. The molecule has 0 heterocycles. The van der Waals surface area contributed by atoms with Crippen LogP contribution in [-0.2, 0) is 0 Å². The molecule has 0 bridgehead atoms. The normalized spacial score (nSPS) is 10.5. The predicted molar refractivity (Wildman–Crippen MR) is 72.7 cm³/mol. The zero-order chi connectivity index (χ0) is 12.5. The minimum atomic E-state index is -0.349. The second-order valence-electron chi connectivity index (χ2n) is 4.40. The average Bonchev–Trinajstić information content (AvgIpc) is 2.33. The Morgan fingerprint density at radius 1 is 1.12 bits per heavy atom. The Balaban J connectivity index is 2.16. The van der Waals surface area contributed by atoms with Crippen LogP contribution in [0.5, 0.6) is 0 Å². The molecule has 2 nitrogen and oxygen atoms in total. The highest BCUT2D eigenvalue weighted by Gasteiger charge is 2.02. The molecule has 0 amide bonds. The summed E-state index contributed by atoms with van der Waals surface area (Å²) in [5.41, 5.74) is 6.55. The third-order valence-corrected chi connectivity index (χ3v) is 2.90. The van der Waals surface area contributed by atoms with E-state index in [1.807, 2.05) is 6.07 Å². The fraction of sp³-hybridized carbons (Fsp3) is 0.571. The van der Waals surface area contributed by atoms with Crippen LogP contribution in [0.1, 0.15) is 45.4 Å². The Morgan fingerprint density at radius 2 is 1.82 bits per heavy atom. The average molecular weight is 238 g/mol. The zero-order valence-corrected chi connectivity index (χ0v) is 10.6. The Bertz CT molecular complexity index is 326. The summed E-state index contributed by atoms with van der Waals surface area (Å²) in [5, 5.41) is 3.18. The molecule has 0 aliphatic heterocycles. The number of hydrogen-bond donors (Lipinski definition) is 2. The van der Waals surface area contributed by atoms with Crippen molar-refractivity contribution < 1.29 is 4.39 Å². The summed E-state index contributed by atoms with van der Waals surface area (Å²) in [7, 11) is 0. The first-order chi connectivity index (χ1) is 8.25. The van der Waals surface area contributed by atoms with Gasteiger partial charge in [-0.3, -0.25) is 0 Å². The highest BCUT2D eigenvalue weighted by Crippen LogP contribution is 2.21. The van der Waals surface area contributed by atoms with Crippen molar-refractivity contribution in [3.05, 3.63) is 24.0 Å². The monoisotopic (exact) mass is 238 g/mol. The maximum absolute atomic E-state index is 13.1. The quantitative estimate of drug-likeness (QED) is 0.526. The molecule has 3 heteroatoms. The van der Waals surface area contributed by atoms with Crippen LogP contribution < -0.4 is 11.1 Å². The highest BCUT2D eigenvalue weighted by atomic mass is 19.1. The minimum absolute atomic E-state index is 0.221. The van der Waals surface area contributed by atoms with Gasteiger partial charge >= 0.3 is 0 Å². The second-order valence-corrected chi connectivity index (χ2v) is 4.40. The van der Waals surface area contributed by atoms with E-state index in [0.717, 1.165) is 13.0 Å². The van der Waals surface area contributed by atoms with Crippen molar-refractivity contribution in [1.29, 1.82) is 0 Å². The van der Waals surface area contributed by atoms with E-state index in [9.17, 15) is 4.39 Å². The van der Waals surface area contributed by atoms with Gasteiger partial charge in [-0.15, -0.1) is 0 Å². The van der Waals surface area contributed by atoms with Crippen molar-refractivity contribution in [3.63, 3.8) is 0 Å². The van der Waals surface area contributed by atoms with Crippen molar-refractivity contribution >= 4 is 11.4 Å². The molecule has 0 saturated carbocycles. The number of benzene rings is 1. The number of nitrogens with one attached hydrogen (secondary N) is 1. The van der Waals surface area contributed by atoms with Crippen molar-refractivity contribution in [3.8, 4) is 0 Å². The van der Waals surface area contributed by atoms with E-state index in [4.69, 9.17) is 5.73 Å². The maximum atomic E-state index is 13.1. The van der Waals surface area contributed by atoms with Crippen molar-refractivity contribution in [2.24, 2.45) is 0 Å². The lowest BCUT2D eigenvalue weighted by Gasteiger charge is -2.09. The van der Waals surface area contributed by atoms with Crippen molar-refractivity contribution in [2.45, 2.75) is 45.4 Å². The van der Waals surface area contributed by atoms with Crippen LogP contribution in [0.25, 0.3) is 0 Å². The summed E-state index contributed by atoms with van der Waals surface area (Å²) >= 11 is 0. The Labute approximate surface area is 103 Å². The van der Waals surface area contributed by atoms with Gasteiger partial charge in [0.2, 0.25) is 0 Å².